The fourth-order valence-electron chi connectivity index (χ4n) is 1.79. The lowest BCUT2D eigenvalue weighted by Crippen LogP contribution is -2.25. The number of nitrogens with one attached hydrogen (secondary N) is 2. The van der Waals surface area contributed by atoms with Crippen LogP contribution < -0.4 is 4.72 Å². The third kappa shape index (κ3) is 3.71. The standard InChI is InChI=1S/C12H17BrN2O4S/c1-5-19-12(16)10-8(3)11(9(4)15-10)20(17,18)14-6-7(2)13/h14-15H,2,5-6H2,1,3-4H3. The van der Waals surface area contributed by atoms with Crippen LogP contribution in [0.5, 0.6) is 0 Å². The van der Waals surface area contributed by atoms with Crippen molar-refractivity contribution in [2.45, 2.75) is 25.7 Å². The van der Waals surface area contributed by atoms with Crippen LogP contribution in [0, 0.1) is 13.8 Å². The third-order valence-electron chi connectivity index (χ3n) is 2.57. The molecule has 0 saturated carbocycles. The Morgan fingerprint density at radius 2 is 2.05 bits per heavy atom. The summed E-state index contributed by atoms with van der Waals surface area (Å²) in [6.07, 6.45) is 0. The van der Waals surface area contributed by atoms with Crippen molar-refractivity contribution in [3.05, 3.63) is 28.0 Å². The molecule has 0 fully saturated rings. The van der Waals surface area contributed by atoms with E-state index in [-0.39, 0.29) is 23.7 Å². The molecule has 2 N–H and O–H groups in total. The molecule has 1 rings (SSSR count). The highest BCUT2D eigenvalue weighted by molar-refractivity contribution is 9.11. The molecule has 0 bridgehead atoms. The number of carbonyl (C=O) groups excluding carboxylic acids is 1. The molecule has 0 aromatic carbocycles. The highest BCUT2D eigenvalue weighted by atomic mass is 79.9. The number of hydrogen-bond donors (Lipinski definition) is 2. The van der Waals surface area contributed by atoms with Gasteiger partial charge in [0.15, 0.2) is 0 Å². The molecular formula is C12H17BrN2O4S. The highest BCUT2D eigenvalue weighted by Crippen LogP contribution is 2.23. The molecule has 1 aromatic rings. The first-order valence-electron chi connectivity index (χ1n) is 5.90. The summed E-state index contributed by atoms with van der Waals surface area (Å²) in [5, 5.41) is 0. The van der Waals surface area contributed by atoms with E-state index in [1.54, 1.807) is 20.8 Å². The monoisotopic (exact) mass is 364 g/mol. The van der Waals surface area contributed by atoms with Gasteiger partial charge in [-0.1, -0.05) is 22.5 Å². The largest absolute Gasteiger partial charge is 0.461 e. The van der Waals surface area contributed by atoms with E-state index in [1.807, 2.05) is 0 Å². The summed E-state index contributed by atoms with van der Waals surface area (Å²) in [4.78, 5) is 14.6. The maximum atomic E-state index is 12.2. The van der Waals surface area contributed by atoms with Gasteiger partial charge in [-0.05, 0) is 20.8 Å². The molecule has 0 spiro atoms. The second-order valence-corrected chi connectivity index (χ2v) is 6.97. The number of carbonyl (C=O) groups is 1. The van der Waals surface area contributed by atoms with Gasteiger partial charge in [-0.2, -0.15) is 0 Å². The van der Waals surface area contributed by atoms with Gasteiger partial charge < -0.3 is 9.72 Å². The predicted molar refractivity (Wildman–Crippen MR) is 79.5 cm³/mol. The number of rotatable bonds is 6. The van der Waals surface area contributed by atoms with E-state index < -0.39 is 16.0 Å². The van der Waals surface area contributed by atoms with Crippen molar-refractivity contribution in [1.29, 1.82) is 0 Å². The zero-order chi connectivity index (χ0) is 15.5. The first kappa shape index (κ1) is 16.9. The molecule has 0 amide bonds. The molecule has 112 valence electrons. The van der Waals surface area contributed by atoms with Crippen LogP contribution in [0.15, 0.2) is 16.0 Å². The smallest absolute Gasteiger partial charge is 0.355 e. The third-order valence-corrected chi connectivity index (χ3v) is 4.53. The fourth-order valence-corrected chi connectivity index (χ4v) is 3.58. The normalized spacial score (nSPS) is 11.4. The molecule has 1 aromatic heterocycles. The molecule has 6 nitrogen and oxygen atoms in total. The fraction of sp³-hybridized carbons (Fsp3) is 0.417. The topological polar surface area (TPSA) is 88.3 Å². The van der Waals surface area contributed by atoms with Crippen molar-refractivity contribution >= 4 is 31.9 Å². The summed E-state index contributed by atoms with van der Waals surface area (Å²) >= 11 is 3.08. The molecule has 0 atom stereocenters. The number of aryl methyl sites for hydroxylation is 1. The van der Waals surface area contributed by atoms with Crippen LogP contribution in [0.4, 0.5) is 0 Å². The van der Waals surface area contributed by atoms with E-state index in [9.17, 15) is 13.2 Å². The average molecular weight is 365 g/mol. The summed E-state index contributed by atoms with van der Waals surface area (Å²) in [5.74, 6) is -0.570. The maximum absolute atomic E-state index is 12.2. The minimum absolute atomic E-state index is 0.0642. The van der Waals surface area contributed by atoms with Gasteiger partial charge in [0.05, 0.1) is 6.61 Å². The van der Waals surface area contributed by atoms with Crippen molar-refractivity contribution in [1.82, 2.24) is 9.71 Å². The van der Waals surface area contributed by atoms with Crippen LogP contribution in [0.1, 0.15) is 28.7 Å². The Labute approximate surface area is 126 Å². The van der Waals surface area contributed by atoms with Gasteiger partial charge in [-0.25, -0.2) is 17.9 Å². The molecular weight excluding hydrogens is 348 g/mol. The van der Waals surface area contributed by atoms with Gasteiger partial charge in [0.25, 0.3) is 0 Å². The number of aromatic nitrogens is 1. The Kier molecular flexibility index (Phi) is 5.55. The van der Waals surface area contributed by atoms with Crippen molar-refractivity contribution in [2.75, 3.05) is 13.2 Å². The Bertz CT molecular complexity index is 634. The van der Waals surface area contributed by atoms with E-state index in [1.165, 1.54) is 0 Å². The van der Waals surface area contributed by atoms with E-state index in [4.69, 9.17) is 4.74 Å². The molecule has 1 heterocycles. The van der Waals surface area contributed by atoms with Crippen LogP contribution in [0.3, 0.4) is 0 Å². The van der Waals surface area contributed by atoms with Crippen molar-refractivity contribution < 1.29 is 17.9 Å². The number of esters is 1. The number of sulfonamides is 1. The maximum Gasteiger partial charge on any atom is 0.355 e. The van der Waals surface area contributed by atoms with Gasteiger partial charge in [-0.3, -0.25) is 0 Å². The SMILES string of the molecule is C=C(Br)CNS(=O)(=O)c1c(C)[nH]c(C(=O)OCC)c1C. The van der Waals surface area contributed by atoms with Crippen LogP contribution in [-0.4, -0.2) is 32.5 Å². The minimum atomic E-state index is -3.72. The van der Waals surface area contributed by atoms with Gasteiger partial charge >= 0.3 is 5.97 Å². The second-order valence-electron chi connectivity index (χ2n) is 4.14. The van der Waals surface area contributed by atoms with Crippen molar-refractivity contribution in [3.63, 3.8) is 0 Å². The summed E-state index contributed by atoms with van der Waals surface area (Å²) in [6.45, 7) is 8.69. The summed E-state index contributed by atoms with van der Waals surface area (Å²) < 4.78 is 32.2. The molecule has 0 aliphatic carbocycles. The number of ether oxygens (including phenoxy) is 1. The highest BCUT2D eigenvalue weighted by Gasteiger charge is 2.26. The molecule has 0 unspecified atom stereocenters. The van der Waals surface area contributed by atoms with E-state index in [2.05, 4.69) is 32.2 Å². The Morgan fingerprint density at radius 1 is 1.45 bits per heavy atom. The summed E-state index contributed by atoms with van der Waals surface area (Å²) in [6, 6.07) is 0. The van der Waals surface area contributed by atoms with Crippen LogP contribution in [-0.2, 0) is 14.8 Å². The van der Waals surface area contributed by atoms with Crippen LogP contribution >= 0.6 is 15.9 Å². The zero-order valence-corrected chi connectivity index (χ0v) is 13.9. The number of halogens is 1. The first-order valence-corrected chi connectivity index (χ1v) is 8.17. The molecule has 20 heavy (non-hydrogen) atoms. The Balaban J connectivity index is 3.20. The molecule has 0 aliphatic heterocycles. The van der Waals surface area contributed by atoms with Crippen LogP contribution in [0.25, 0.3) is 0 Å². The van der Waals surface area contributed by atoms with Crippen molar-refractivity contribution in [2.24, 2.45) is 0 Å². The van der Waals surface area contributed by atoms with Gasteiger partial charge in [0, 0.05) is 22.3 Å². The number of H-pyrrole nitrogens is 1. The number of aromatic amines is 1. The second kappa shape index (κ2) is 6.55. The summed E-state index contributed by atoms with van der Waals surface area (Å²) in [5.41, 5.74) is 0.884. The Morgan fingerprint density at radius 3 is 2.55 bits per heavy atom. The van der Waals surface area contributed by atoms with E-state index in [0.29, 0.717) is 15.7 Å². The Hall–Kier alpha value is -1.12. The minimum Gasteiger partial charge on any atom is -0.461 e. The molecule has 0 radical (unpaired) electrons. The first-order chi connectivity index (χ1) is 9.20. The average Bonchev–Trinajstić information content (AvgIpc) is 2.63. The van der Waals surface area contributed by atoms with E-state index >= 15 is 0 Å². The molecule has 0 saturated heterocycles. The van der Waals surface area contributed by atoms with E-state index in [0.717, 1.165) is 0 Å². The van der Waals surface area contributed by atoms with Gasteiger partial charge in [0.1, 0.15) is 10.6 Å². The lowest BCUT2D eigenvalue weighted by Gasteiger charge is -2.07. The quantitative estimate of drug-likeness (QED) is 0.755. The predicted octanol–water partition coefficient (Wildman–Crippen LogP) is 2.00. The molecule has 0 aliphatic rings. The lowest BCUT2D eigenvalue weighted by atomic mass is 10.2. The molecule has 8 heteroatoms. The summed E-state index contributed by atoms with van der Waals surface area (Å²) in [7, 11) is -3.72. The number of hydrogen-bond acceptors (Lipinski definition) is 4. The lowest BCUT2D eigenvalue weighted by molar-refractivity contribution is 0.0519. The van der Waals surface area contributed by atoms with Crippen LogP contribution in [0.2, 0.25) is 0 Å². The van der Waals surface area contributed by atoms with Crippen molar-refractivity contribution in [3.8, 4) is 0 Å². The van der Waals surface area contributed by atoms with Gasteiger partial charge in [0.2, 0.25) is 10.0 Å². The van der Waals surface area contributed by atoms with Gasteiger partial charge in [-0.15, -0.1) is 0 Å². The zero-order valence-electron chi connectivity index (χ0n) is 11.5.